The van der Waals surface area contributed by atoms with Crippen molar-refractivity contribution in [3.63, 3.8) is 0 Å². The smallest absolute Gasteiger partial charge is 0.0936 e. The fraction of sp³-hybridized carbons (Fsp3) is 0.250. The number of nitrogens with zero attached hydrogens (tertiary/aromatic N) is 1. The van der Waals surface area contributed by atoms with Gasteiger partial charge in [0.05, 0.1) is 24.3 Å². The van der Waals surface area contributed by atoms with Crippen LogP contribution < -0.4 is 0 Å². The van der Waals surface area contributed by atoms with Crippen LogP contribution in [0.15, 0.2) is 36.7 Å². The van der Waals surface area contributed by atoms with Gasteiger partial charge in [0.15, 0.2) is 0 Å². The molecule has 2 rings (SSSR count). The molecule has 0 saturated carbocycles. The molecule has 2 aromatic rings. The number of hydrogen-bond donors (Lipinski definition) is 1. The lowest BCUT2D eigenvalue weighted by atomic mass is 10.1. The predicted octanol–water partition coefficient (Wildman–Crippen LogP) is 2.61. The Hall–Kier alpha value is -1.61. The molecule has 0 fully saturated rings. The van der Waals surface area contributed by atoms with Crippen molar-refractivity contribution in [1.29, 1.82) is 0 Å². The highest BCUT2D eigenvalue weighted by molar-refractivity contribution is 5.61. The number of aromatic nitrogens is 2. The molecular formula is C12H14N2O. The molecule has 0 aliphatic heterocycles. The third kappa shape index (κ3) is 2.25. The molecule has 0 aliphatic carbocycles. The van der Waals surface area contributed by atoms with Gasteiger partial charge in [-0.05, 0) is 6.92 Å². The van der Waals surface area contributed by atoms with E-state index in [9.17, 15) is 0 Å². The highest BCUT2D eigenvalue weighted by atomic mass is 16.5. The number of H-pyrrole nitrogens is 1. The lowest BCUT2D eigenvalue weighted by molar-refractivity contribution is 0.132. The van der Waals surface area contributed by atoms with E-state index in [0.717, 1.165) is 17.0 Å². The van der Waals surface area contributed by atoms with Crippen molar-refractivity contribution in [3.05, 3.63) is 42.4 Å². The Bertz CT molecular complexity index is 409. The molecular weight excluding hydrogens is 188 g/mol. The molecule has 0 saturated heterocycles. The van der Waals surface area contributed by atoms with Crippen LogP contribution in [0.4, 0.5) is 0 Å². The summed E-state index contributed by atoms with van der Waals surface area (Å²) in [6.07, 6.45) is 1.71. The second kappa shape index (κ2) is 4.75. The zero-order chi connectivity index (χ0) is 10.5. The second-order valence-corrected chi connectivity index (χ2v) is 3.23. The van der Waals surface area contributed by atoms with Crippen LogP contribution in [0.2, 0.25) is 0 Å². The largest absolute Gasteiger partial charge is 0.375 e. The Balaban J connectivity index is 2.25. The summed E-state index contributed by atoms with van der Waals surface area (Å²) < 4.78 is 5.37. The van der Waals surface area contributed by atoms with Crippen LogP contribution in [0.1, 0.15) is 12.6 Å². The Morgan fingerprint density at radius 3 is 2.80 bits per heavy atom. The number of ether oxygens (including phenoxy) is 1. The number of nitrogens with one attached hydrogen (secondary N) is 1. The van der Waals surface area contributed by atoms with E-state index in [0.29, 0.717) is 13.2 Å². The molecule has 3 heteroatoms. The van der Waals surface area contributed by atoms with Crippen molar-refractivity contribution in [3.8, 4) is 11.3 Å². The zero-order valence-corrected chi connectivity index (χ0v) is 8.73. The SMILES string of the molecule is CCOCc1[nH]cnc1-c1ccccc1. The summed E-state index contributed by atoms with van der Waals surface area (Å²) >= 11 is 0. The van der Waals surface area contributed by atoms with E-state index in [2.05, 4.69) is 9.97 Å². The third-order valence-electron chi connectivity index (χ3n) is 2.22. The predicted molar refractivity (Wildman–Crippen MR) is 59.4 cm³/mol. The van der Waals surface area contributed by atoms with Crippen molar-refractivity contribution in [2.45, 2.75) is 13.5 Å². The molecule has 1 heterocycles. The molecule has 1 N–H and O–H groups in total. The van der Waals surface area contributed by atoms with Crippen molar-refractivity contribution in [2.75, 3.05) is 6.61 Å². The van der Waals surface area contributed by atoms with Gasteiger partial charge in [0.25, 0.3) is 0 Å². The maximum atomic E-state index is 5.37. The minimum Gasteiger partial charge on any atom is -0.375 e. The molecule has 15 heavy (non-hydrogen) atoms. The summed E-state index contributed by atoms with van der Waals surface area (Å²) in [6.45, 7) is 3.28. The Morgan fingerprint density at radius 1 is 1.27 bits per heavy atom. The summed E-state index contributed by atoms with van der Waals surface area (Å²) in [5.41, 5.74) is 3.13. The number of rotatable bonds is 4. The van der Waals surface area contributed by atoms with Crippen molar-refractivity contribution in [2.24, 2.45) is 0 Å². The normalized spacial score (nSPS) is 10.5. The molecule has 1 aromatic heterocycles. The minimum absolute atomic E-state index is 0.584. The summed E-state index contributed by atoms with van der Waals surface area (Å²) in [7, 11) is 0. The lowest BCUT2D eigenvalue weighted by Crippen LogP contribution is -1.94. The van der Waals surface area contributed by atoms with Crippen LogP contribution in [-0.2, 0) is 11.3 Å². The molecule has 0 aliphatic rings. The van der Waals surface area contributed by atoms with Gasteiger partial charge in [-0.3, -0.25) is 0 Å². The number of benzene rings is 1. The van der Waals surface area contributed by atoms with Crippen LogP contribution in [-0.4, -0.2) is 16.6 Å². The molecule has 0 radical (unpaired) electrons. The van der Waals surface area contributed by atoms with E-state index in [-0.39, 0.29) is 0 Å². The molecule has 1 aromatic carbocycles. The number of hydrogen-bond acceptors (Lipinski definition) is 2. The average molecular weight is 202 g/mol. The number of imidazole rings is 1. The zero-order valence-electron chi connectivity index (χ0n) is 8.73. The summed E-state index contributed by atoms with van der Waals surface area (Å²) in [4.78, 5) is 7.41. The summed E-state index contributed by atoms with van der Waals surface area (Å²) in [5, 5.41) is 0. The average Bonchev–Trinajstić information content (AvgIpc) is 2.75. The summed E-state index contributed by atoms with van der Waals surface area (Å²) in [5.74, 6) is 0. The van der Waals surface area contributed by atoms with E-state index in [1.807, 2.05) is 37.3 Å². The highest BCUT2D eigenvalue weighted by Gasteiger charge is 2.06. The Labute approximate surface area is 89.1 Å². The Kier molecular flexibility index (Phi) is 3.15. The third-order valence-corrected chi connectivity index (χ3v) is 2.22. The maximum Gasteiger partial charge on any atom is 0.0936 e. The highest BCUT2D eigenvalue weighted by Crippen LogP contribution is 2.20. The monoisotopic (exact) mass is 202 g/mol. The molecule has 0 atom stereocenters. The standard InChI is InChI=1S/C12H14N2O/c1-2-15-8-11-12(14-9-13-11)10-6-4-3-5-7-10/h3-7,9H,2,8H2,1H3,(H,13,14). The first-order valence-corrected chi connectivity index (χ1v) is 5.07. The fourth-order valence-corrected chi connectivity index (χ4v) is 1.48. The van der Waals surface area contributed by atoms with Crippen molar-refractivity contribution < 1.29 is 4.74 Å². The fourth-order valence-electron chi connectivity index (χ4n) is 1.48. The lowest BCUT2D eigenvalue weighted by Gasteiger charge is -2.02. The first-order valence-electron chi connectivity index (χ1n) is 5.07. The molecule has 0 bridgehead atoms. The van der Waals surface area contributed by atoms with Crippen LogP contribution in [0.25, 0.3) is 11.3 Å². The van der Waals surface area contributed by atoms with Crippen molar-refractivity contribution in [1.82, 2.24) is 9.97 Å². The first kappa shape index (κ1) is 9.93. The van der Waals surface area contributed by atoms with E-state index >= 15 is 0 Å². The molecule has 0 unspecified atom stereocenters. The number of aromatic amines is 1. The van der Waals surface area contributed by atoms with Gasteiger partial charge >= 0.3 is 0 Å². The van der Waals surface area contributed by atoms with E-state index in [1.165, 1.54) is 0 Å². The van der Waals surface area contributed by atoms with Gasteiger partial charge in [0.1, 0.15) is 0 Å². The van der Waals surface area contributed by atoms with Crippen LogP contribution in [0.3, 0.4) is 0 Å². The quantitative estimate of drug-likeness (QED) is 0.827. The molecule has 0 spiro atoms. The molecule has 78 valence electrons. The van der Waals surface area contributed by atoms with Gasteiger partial charge in [-0.2, -0.15) is 0 Å². The van der Waals surface area contributed by atoms with Gasteiger partial charge in [0, 0.05) is 12.2 Å². The maximum absolute atomic E-state index is 5.37. The van der Waals surface area contributed by atoms with Gasteiger partial charge < -0.3 is 9.72 Å². The first-order chi connectivity index (χ1) is 7.42. The molecule has 0 amide bonds. The van der Waals surface area contributed by atoms with Crippen molar-refractivity contribution >= 4 is 0 Å². The van der Waals surface area contributed by atoms with Gasteiger partial charge in [-0.25, -0.2) is 4.98 Å². The minimum atomic E-state index is 0.584. The second-order valence-electron chi connectivity index (χ2n) is 3.23. The van der Waals surface area contributed by atoms with Crippen LogP contribution >= 0.6 is 0 Å². The van der Waals surface area contributed by atoms with Gasteiger partial charge in [-0.1, -0.05) is 30.3 Å². The molecule has 3 nitrogen and oxygen atoms in total. The van der Waals surface area contributed by atoms with Gasteiger partial charge in [0.2, 0.25) is 0 Å². The van der Waals surface area contributed by atoms with Gasteiger partial charge in [-0.15, -0.1) is 0 Å². The summed E-state index contributed by atoms with van der Waals surface area (Å²) in [6, 6.07) is 10.1. The Morgan fingerprint density at radius 2 is 2.07 bits per heavy atom. The topological polar surface area (TPSA) is 37.9 Å². The van der Waals surface area contributed by atoms with Crippen LogP contribution in [0.5, 0.6) is 0 Å². The van der Waals surface area contributed by atoms with Crippen LogP contribution in [0, 0.1) is 0 Å². The van der Waals surface area contributed by atoms with E-state index in [1.54, 1.807) is 6.33 Å². The van der Waals surface area contributed by atoms with E-state index < -0.39 is 0 Å². The van der Waals surface area contributed by atoms with E-state index in [4.69, 9.17) is 4.74 Å².